The maximum absolute atomic E-state index is 13.4. The maximum atomic E-state index is 13.4. The molecule has 0 spiro atoms. The number of amidine groups is 1. The molecule has 1 aromatic heterocycles. The van der Waals surface area contributed by atoms with E-state index in [-0.39, 0.29) is 24.9 Å². The van der Waals surface area contributed by atoms with Crippen LogP contribution >= 0.6 is 0 Å². The molecule has 4 rings (SSSR count). The van der Waals surface area contributed by atoms with Gasteiger partial charge in [0.25, 0.3) is 0 Å². The number of aliphatic imine (C=N–C) groups is 1. The zero-order valence-corrected chi connectivity index (χ0v) is 14.4. The predicted octanol–water partition coefficient (Wildman–Crippen LogP) is 2.74. The molecule has 0 bridgehead atoms. The van der Waals surface area contributed by atoms with Gasteiger partial charge in [-0.1, -0.05) is 30.3 Å². The van der Waals surface area contributed by atoms with Crippen LogP contribution in [0, 0.1) is 5.82 Å². The van der Waals surface area contributed by atoms with Crippen molar-refractivity contribution in [2.45, 2.75) is 12.5 Å². The molecule has 1 aliphatic heterocycles. The molecule has 0 saturated carbocycles. The Morgan fingerprint density at radius 3 is 2.89 bits per heavy atom. The summed E-state index contributed by atoms with van der Waals surface area (Å²) in [6.07, 6.45) is 1.39. The average Bonchev–Trinajstić information content (AvgIpc) is 3.09. The smallest absolute Gasteiger partial charge is 0.310 e. The standard InChI is InChI=1S/C20H18FN3O3/c21-15-6-7-18-17(9-15)14(10-22-18)8-19(25)26-12-16-11-23-20(24-27-16)13-4-2-1-3-5-13/h1-7,9-10,16,22H,8,11-12H2,(H,23,24)/t16-/m1/s1. The quantitative estimate of drug-likeness (QED) is 0.680. The number of nitrogens with zero attached hydrogens (tertiary/aromatic N) is 1. The molecule has 0 aliphatic carbocycles. The van der Waals surface area contributed by atoms with E-state index in [4.69, 9.17) is 9.57 Å². The molecule has 0 unspecified atom stereocenters. The zero-order chi connectivity index (χ0) is 18.6. The lowest BCUT2D eigenvalue weighted by Gasteiger charge is -2.22. The summed E-state index contributed by atoms with van der Waals surface area (Å²) in [5, 5.41) is 0.680. The third-order valence-corrected chi connectivity index (χ3v) is 4.32. The van der Waals surface area contributed by atoms with E-state index in [1.54, 1.807) is 12.3 Å². The predicted molar refractivity (Wildman–Crippen MR) is 98.8 cm³/mol. The summed E-state index contributed by atoms with van der Waals surface area (Å²) in [6.45, 7) is 0.483. The van der Waals surface area contributed by atoms with Crippen LogP contribution in [0.25, 0.3) is 10.9 Å². The molecule has 1 aliphatic rings. The molecule has 2 N–H and O–H groups in total. The number of hydrogen-bond acceptors (Lipinski definition) is 5. The molecular weight excluding hydrogens is 349 g/mol. The molecule has 27 heavy (non-hydrogen) atoms. The van der Waals surface area contributed by atoms with Gasteiger partial charge in [-0.2, -0.15) is 0 Å². The van der Waals surface area contributed by atoms with Crippen LogP contribution in [0.3, 0.4) is 0 Å². The van der Waals surface area contributed by atoms with Gasteiger partial charge in [-0.3, -0.25) is 14.6 Å². The first kappa shape index (κ1) is 17.2. The van der Waals surface area contributed by atoms with Crippen molar-refractivity contribution in [1.29, 1.82) is 0 Å². The van der Waals surface area contributed by atoms with Gasteiger partial charge in [0, 0.05) is 22.7 Å². The Balaban J connectivity index is 1.31. The van der Waals surface area contributed by atoms with Crippen LogP contribution in [-0.2, 0) is 20.8 Å². The lowest BCUT2D eigenvalue weighted by Crippen LogP contribution is -2.40. The van der Waals surface area contributed by atoms with E-state index in [1.165, 1.54) is 12.1 Å². The number of rotatable bonds is 5. The first-order chi connectivity index (χ1) is 13.2. The summed E-state index contributed by atoms with van der Waals surface area (Å²) in [7, 11) is 0. The molecule has 2 heterocycles. The fourth-order valence-electron chi connectivity index (χ4n) is 2.92. The van der Waals surface area contributed by atoms with E-state index >= 15 is 0 Å². The molecule has 0 amide bonds. The fourth-order valence-corrected chi connectivity index (χ4v) is 2.92. The van der Waals surface area contributed by atoms with E-state index in [0.29, 0.717) is 23.3 Å². The molecule has 7 heteroatoms. The fraction of sp³-hybridized carbons (Fsp3) is 0.200. The second-order valence-corrected chi connectivity index (χ2v) is 6.26. The number of esters is 1. The number of ether oxygens (including phenoxy) is 1. The summed E-state index contributed by atoms with van der Waals surface area (Å²) in [4.78, 5) is 25.1. The SMILES string of the molecule is O=C(Cc1c[nH]c2ccc(F)cc12)OC[C@H]1CN=C(c2ccccc2)NO1. The van der Waals surface area contributed by atoms with Crippen molar-refractivity contribution < 1.29 is 18.8 Å². The molecule has 0 saturated heterocycles. The summed E-state index contributed by atoms with van der Waals surface area (Å²) in [5.41, 5.74) is 5.20. The Kier molecular flexibility index (Phi) is 4.84. The van der Waals surface area contributed by atoms with Crippen LogP contribution in [0.15, 0.2) is 59.7 Å². The summed E-state index contributed by atoms with van der Waals surface area (Å²) < 4.78 is 18.7. The van der Waals surface area contributed by atoms with Crippen LogP contribution in [0.2, 0.25) is 0 Å². The van der Waals surface area contributed by atoms with Gasteiger partial charge in [0.1, 0.15) is 18.5 Å². The Labute approximate surface area is 155 Å². The Hall–Kier alpha value is -3.19. The van der Waals surface area contributed by atoms with Gasteiger partial charge in [0.2, 0.25) is 0 Å². The first-order valence-electron chi connectivity index (χ1n) is 8.62. The van der Waals surface area contributed by atoms with Crippen molar-refractivity contribution in [2.24, 2.45) is 4.99 Å². The van der Waals surface area contributed by atoms with Gasteiger partial charge < -0.3 is 9.72 Å². The first-order valence-corrected chi connectivity index (χ1v) is 8.62. The number of hydrogen-bond donors (Lipinski definition) is 2. The lowest BCUT2D eigenvalue weighted by atomic mass is 10.1. The molecule has 138 valence electrons. The third kappa shape index (κ3) is 3.98. The largest absolute Gasteiger partial charge is 0.462 e. The van der Waals surface area contributed by atoms with Crippen molar-refractivity contribution in [2.75, 3.05) is 13.2 Å². The minimum absolute atomic E-state index is 0.0577. The number of carbonyl (C=O) groups excluding carboxylic acids is 1. The number of aromatic nitrogens is 1. The van der Waals surface area contributed by atoms with Crippen LogP contribution in [0.5, 0.6) is 0 Å². The van der Waals surface area contributed by atoms with Crippen molar-refractivity contribution in [3.05, 3.63) is 71.7 Å². The van der Waals surface area contributed by atoms with Crippen molar-refractivity contribution in [3.63, 3.8) is 0 Å². The second kappa shape index (κ2) is 7.59. The summed E-state index contributed by atoms with van der Waals surface area (Å²) >= 11 is 0. The minimum Gasteiger partial charge on any atom is -0.462 e. The van der Waals surface area contributed by atoms with E-state index < -0.39 is 5.97 Å². The van der Waals surface area contributed by atoms with E-state index in [2.05, 4.69) is 15.5 Å². The topological polar surface area (TPSA) is 75.7 Å². The van der Waals surface area contributed by atoms with Gasteiger partial charge in [-0.25, -0.2) is 9.87 Å². The highest BCUT2D eigenvalue weighted by Gasteiger charge is 2.19. The van der Waals surface area contributed by atoms with Crippen LogP contribution in [-0.4, -0.2) is 36.0 Å². The van der Waals surface area contributed by atoms with Gasteiger partial charge >= 0.3 is 5.97 Å². The number of benzene rings is 2. The molecule has 0 radical (unpaired) electrons. The number of hydroxylamine groups is 1. The Morgan fingerprint density at radius 2 is 2.11 bits per heavy atom. The van der Waals surface area contributed by atoms with Crippen LogP contribution < -0.4 is 5.48 Å². The summed E-state index contributed by atoms with van der Waals surface area (Å²) in [6, 6.07) is 14.1. The zero-order valence-electron chi connectivity index (χ0n) is 14.4. The number of halogens is 1. The highest BCUT2D eigenvalue weighted by atomic mass is 19.1. The van der Waals surface area contributed by atoms with E-state index in [9.17, 15) is 9.18 Å². The van der Waals surface area contributed by atoms with Crippen molar-refractivity contribution >= 4 is 22.7 Å². The van der Waals surface area contributed by atoms with Crippen molar-refractivity contribution in [3.8, 4) is 0 Å². The van der Waals surface area contributed by atoms with Crippen molar-refractivity contribution in [1.82, 2.24) is 10.5 Å². The number of carbonyl (C=O) groups is 1. The monoisotopic (exact) mass is 367 g/mol. The van der Waals surface area contributed by atoms with Gasteiger partial charge in [-0.05, 0) is 23.8 Å². The highest BCUT2D eigenvalue weighted by Crippen LogP contribution is 2.20. The Morgan fingerprint density at radius 1 is 1.26 bits per heavy atom. The van der Waals surface area contributed by atoms with Gasteiger partial charge in [-0.15, -0.1) is 0 Å². The number of H-pyrrole nitrogens is 1. The molecule has 6 nitrogen and oxygen atoms in total. The maximum Gasteiger partial charge on any atom is 0.310 e. The minimum atomic E-state index is -0.401. The number of aromatic amines is 1. The van der Waals surface area contributed by atoms with Gasteiger partial charge in [0.15, 0.2) is 5.84 Å². The summed E-state index contributed by atoms with van der Waals surface area (Å²) in [5.74, 6) is -0.0916. The number of nitrogens with one attached hydrogen (secondary N) is 2. The molecule has 1 atom stereocenters. The Bertz CT molecular complexity index is 985. The van der Waals surface area contributed by atoms with E-state index in [1.807, 2.05) is 30.3 Å². The third-order valence-electron chi connectivity index (χ3n) is 4.32. The molecule has 0 fully saturated rings. The van der Waals surface area contributed by atoms with E-state index in [0.717, 1.165) is 11.1 Å². The van der Waals surface area contributed by atoms with Crippen LogP contribution in [0.1, 0.15) is 11.1 Å². The molecule has 3 aromatic rings. The normalized spacial score (nSPS) is 16.6. The second-order valence-electron chi connectivity index (χ2n) is 6.26. The van der Waals surface area contributed by atoms with Crippen LogP contribution in [0.4, 0.5) is 4.39 Å². The molecular formula is C20H18FN3O3. The average molecular weight is 367 g/mol. The van der Waals surface area contributed by atoms with Gasteiger partial charge in [0.05, 0.1) is 13.0 Å². The number of fused-ring (bicyclic) bond motifs is 1. The lowest BCUT2D eigenvalue weighted by molar-refractivity contribution is -0.148. The molecule has 2 aromatic carbocycles. The highest BCUT2D eigenvalue weighted by molar-refractivity contribution is 5.98.